The Morgan fingerprint density at radius 1 is 1.47 bits per heavy atom. The SMILES string of the molecule is COC(=O)C1(C)COc2c(cccc2OC)N1. The molecule has 0 amide bonds. The number of carbonyl (C=O) groups excluding carboxylic acids is 1. The first-order valence-corrected chi connectivity index (χ1v) is 5.27. The number of ether oxygens (including phenoxy) is 3. The van der Waals surface area contributed by atoms with E-state index in [0.717, 1.165) is 5.69 Å². The third kappa shape index (κ3) is 1.88. The first kappa shape index (κ1) is 11.6. The third-order valence-corrected chi connectivity index (χ3v) is 2.75. The van der Waals surface area contributed by atoms with Gasteiger partial charge in [0.05, 0.1) is 19.9 Å². The minimum atomic E-state index is -0.867. The number of para-hydroxylation sites is 1. The Labute approximate surface area is 99.7 Å². The summed E-state index contributed by atoms with van der Waals surface area (Å²) in [6, 6.07) is 5.47. The van der Waals surface area contributed by atoms with Gasteiger partial charge >= 0.3 is 5.97 Å². The molecule has 5 heteroatoms. The van der Waals surface area contributed by atoms with E-state index in [0.29, 0.717) is 11.5 Å². The lowest BCUT2D eigenvalue weighted by atomic mass is 10.0. The molecule has 0 saturated heterocycles. The predicted molar refractivity (Wildman–Crippen MR) is 62.5 cm³/mol. The van der Waals surface area contributed by atoms with Crippen molar-refractivity contribution in [2.45, 2.75) is 12.5 Å². The molecule has 0 aromatic heterocycles. The molecule has 17 heavy (non-hydrogen) atoms. The maximum Gasteiger partial charge on any atom is 0.334 e. The van der Waals surface area contributed by atoms with Crippen LogP contribution in [0.4, 0.5) is 5.69 Å². The van der Waals surface area contributed by atoms with Gasteiger partial charge < -0.3 is 19.5 Å². The highest BCUT2D eigenvalue weighted by atomic mass is 16.5. The molecule has 0 radical (unpaired) electrons. The summed E-state index contributed by atoms with van der Waals surface area (Å²) >= 11 is 0. The molecule has 1 atom stereocenters. The van der Waals surface area contributed by atoms with Crippen LogP contribution >= 0.6 is 0 Å². The largest absolute Gasteiger partial charge is 0.493 e. The third-order valence-electron chi connectivity index (χ3n) is 2.75. The van der Waals surface area contributed by atoms with Crippen LogP contribution in [0.15, 0.2) is 18.2 Å². The molecule has 0 aliphatic carbocycles. The van der Waals surface area contributed by atoms with Crippen molar-refractivity contribution in [3.05, 3.63) is 18.2 Å². The van der Waals surface area contributed by atoms with Crippen molar-refractivity contribution in [3.8, 4) is 11.5 Å². The smallest absolute Gasteiger partial charge is 0.334 e. The maximum atomic E-state index is 11.7. The average molecular weight is 237 g/mol. The number of hydrogen-bond acceptors (Lipinski definition) is 5. The minimum Gasteiger partial charge on any atom is -0.493 e. The number of rotatable bonds is 2. The van der Waals surface area contributed by atoms with Crippen LogP contribution in [-0.2, 0) is 9.53 Å². The lowest BCUT2D eigenvalue weighted by molar-refractivity contribution is -0.146. The van der Waals surface area contributed by atoms with Crippen LogP contribution in [0.1, 0.15) is 6.92 Å². The number of carbonyl (C=O) groups is 1. The van der Waals surface area contributed by atoms with Gasteiger partial charge in [-0.25, -0.2) is 4.79 Å². The van der Waals surface area contributed by atoms with E-state index in [-0.39, 0.29) is 12.6 Å². The fraction of sp³-hybridized carbons (Fsp3) is 0.417. The van der Waals surface area contributed by atoms with Crippen LogP contribution in [0.5, 0.6) is 11.5 Å². The van der Waals surface area contributed by atoms with E-state index >= 15 is 0 Å². The Bertz CT molecular complexity index is 446. The van der Waals surface area contributed by atoms with Crippen molar-refractivity contribution >= 4 is 11.7 Å². The van der Waals surface area contributed by atoms with Gasteiger partial charge in [0, 0.05) is 0 Å². The molecule has 2 rings (SSSR count). The van der Waals surface area contributed by atoms with Crippen molar-refractivity contribution < 1.29 is 19.0 Å². The zero-order chi connectivity index (χ0) is 12.5. The van der Waals surface area contributed by atoms with Crippen LogP contribution in [0.3, 0.4) is 0 Å². The maximum absolute atomic E-state index is 11.7. The summed E-state index contributed by atoms with van der Waals surface area (Å²) in [7, 11) is 2.93. The van der Waals surface area contributed by atoms with Gasteiger partial charge in [-0.05, 0) is 19.1 Å². The van der Waals surface area contributed by atoms with E-state index in [1.165, 1.54) is 7.11 Å². The van der Waals surface area contributed by atoms with Gasteiger partial charge in [-0.2, -0.15) is 0 Å². The molecule has 1 aliphatic rings. The Morgan fingerprint density at radius 3 is 2.88 bits per heavy atom. The van der Waals surface area contributed by atoms with Gasteiger partial charge in [0.1, 0.15) is 6.61 Å². The predicted octanol–water partition coefficient (Wildman–Crippen LogP) is 1.43. The quantitative estimate of drug-likeness (QED) is 0.788. The van der Waals surface area contributed by atoms with E-state index in [4.69, 9.17) is 14.2 Å². The Balaban J connectivity index is 2.34. The number of benzene rings is 1. The number of nitrogens with one attached hydrogen (secondary N) is 1. The van der Waals surface area contributed by atoms with Gasteiger partial charge in [0.25, 0.3) is 0 Å². The zero-order valence-electron chi connectivity index (χ0n) is 10.1. The molecule has 5 nitrogen and oxygen atoms in total. The monoisotopic (exact) mass is 237 g/mol. The van der Waals surface area contributed by atoms with E-state index in [1.54, 1.807) is 20.1 Å². The summed E-state index contributed by atoms with van der Waals surface area (Å²) < 4.78 is 15.5. The summed E-state index contributed by atoms with van der Waals surface area (Å²) in [5, 5.41) is 3.12. The zero-order valence-corrected chi connectivity index (χ0v) is 10.1. The summed E-state index contributed by atoms with van der Waals surface area (Å²) in [5.41, 5.74) is -0.141. The van der Waals surface area contributed by atoms with Crippen LogP contribution in [0.2, 0.25) is 0 Å². The highest BCUT2D eigenvalue weighted by molar-refractivity contribution is 5.86. The molecule has 1 aromatic carbocycles. The number of fused-ring (bicyclic) bond motifs is 1. The summed E-state index contributed by atoms with van der Waals surface area (Å²) in [6.45, 7) is 1.94. The second kappa shape index (κ2) is 4.16. The first-order chi connectivity index (χ1) is 8.10. The van der Waals surface area contributed by atoms with Crippen molar-refractivity contribution in [1.29, 1.82) is 0 Å². The summed E-state index contributed by atoms with van der Waals surface area (Å²) in [5.74, 6) is 0.907. The molecule has 1 aromatic rings. The van der Waals surface area contributed by atoms with Crippen LogP contribution in [0.25, 0.3) is 0 Å². The van der Waals surface area contributed by atoms with E-state index in [2.05, 4.69) is 5.32 Å². The number of hydrogen-bond donors (Lipinski definition) is 1. The van der Waals surface area contributed by atoms with E-state index in [9.17, 15) is 4.79 Å². The molecule has 0 spiro atoms. The molecular weight excluding hydrogens is 222 g/mol. The van der Waals surface area contributed by atoms with Gasteiger partial charge in [-0.3, -0.25) is 0 Å². The first-order valence-electron chi connectivity index (χ1n) is 5.27. The fourth-order valence-corrected chi connectivity index (χ4v) is 1.81. The molecule has 92 valence electrons. The fourth-order valence-electron chi connectivity index (χ4n) is 1.81. The average Bonchev–Trinajstić information content (AvgIpc) is 2.36. The molecule has 0 fully saturated rings. The normalized spacial score (nSPS) is 21.8. The number of esters is 1. The Morgan fingerprint density at radius 2 is 2.24 bits per heavy atom. The second-order valence-electron chi connectivity index (χ2n) is 4.07. The number of anilines is 1. The second-order valence-corrected chi connectivity index (χ2v) is 4.07. The highest BCUT2D eigenvalue weighted by Gasteiger charge is 2.39. The van der Waals surface area contributed by atoms with Crippen LogP contribution < -0.4 is 14.8 Å². The Kier molecular flexibility index (Phi) is 2.83. The van der Waals surface area contributed by atoms with Crippen molar-refractivity contribution in [2.24, 2.45) is 0 Å². The lowest BCUT2D eigenvalue weighted by Crippen LogP contribution is -2.51. The molecule has 1 unspecified atom stereocenters. The molecular formula is C12H15NO4. The molecule has 1 N–H and O–H groups in total. The van der Waals surface area contributed by atoms with Crippen molar-refractivity contribution in [1.82, 2.24) is 0 Å². The van der Waals surface area contributed by atoms with Crippen molar-refractivity contribution in [2.75, 3.05) is 26.1 Å². The topological polar surface area (TPSA) is 56.8 Å². The Hall–Kier alpha value is -1.91. The highest BCUT2D eigenvalue weighted by Crippen LogP contribution is 2.40. The molecule has 0 bridgehead atoms. The lowest BCUT2D eigenvalue weighted by Gasteiger charge is -2.34. The molecule has 1 heterocycles. The standard InChI is InChI=1S/C12H15NO4/c1-12(11(14)16-3)7-17-10-8(13-12)5-4-6-9(10)15-2/h4-6,13H,7H2,1-3H3. The van der Waals surface area contributed by atoms with Crippen LogP contribution in [-0.4, -0.2) is 32.3 Å². The van der Waals surface area contributed by atoms with Gasteiger partial charge in [0.15, 0.2) is 17.0 Å². The van der Waals surface area contributed by atoms with E-state index < -0.39 is 5.54 Å². The van der Waals surface area contributed by atoms with Gasteiger partial charge in [-0.1, -0.05) is 6.07 Å². The molecule has 0 saturated carbocycles. The van der Waals surface area contributed by atoms with Gasteiger partial charge in [0.2, 0.25) is 0 Å². The molecule has 1 aliphatic heterocycles. The van der Waals surface area contributed by atoms with E-state index in [1.807, 2.05) is 12.1 Å². The van der Waals surface area contributed by atoms with Crippen LogP contribution in [0, 0.1) is 0 Å². The minimum absolute atomic E-state index is 0.201. The summed E-state index contributed by atoms with van der Waals surface area (Å²) in [6.07, 6.45) is 0. The number of methoxy groups -OCH3 is 2. The van der Waals surface area contributed by atoms with Crippen molar-refractivity contribution in [3.63, 3.8) is 0 Å². The summed E-state index contributed by atoms with van der Waals surface area (Å²) in [4.78, 5) is 11.7. The van der Waals surface area contributed by atoms with Gasteiger partial charge in [-0.15, -0.1) is 0 Å².